The quantitative estimate of drug-likeness (QED) is 0.863. The second kappa shape index (κ2) is 5.44. The van der Waals surface area contributed by atoms with Gasteiger partial charge in [0.05, 0.1) is 6.61 Å². The Labute approximate surface area is 92.6 Å². The van der Waals surface area contributed by atoms with E-state index in [2.05, 4.69) is 28.7 Å². The topological polar surface area (TPSA) is 35.2 Å². The van der Waals surface area contributed by atoms with Gasteiger partial charge in [0.15, 0.2) is 0 Å². The number of halogens is 1. The molecule has 0 spiro atoms. The summed E-state index contributed by atoms with van der Waals surface area (Å²) in [4.78, 5) is 0. The molecule has 0 aliphatic rings. The molecule has 3 heteroatoms. The lowest BCUT2D eigenvalue weighted by Crippen LogP contribution is -2.05. The van der Waals surface area contributed by atoms with E-state index in [0.717, 1.165) is 12.2 Å². The summed E-state index contributed by atoms with van der Waals surface area (Å²) in [6, 6.07) is 6.18. The molecule has 13 heavy (non-hydrogen) atoms. The van der Waals surface area contributed by atoms with Gasteiger partial charge in [0.1, 0.15) is 5.75 Å². The van der Waals surface area contributed by atoms with E-state index in [1.54, 1.807) is 0 Å². The summed E-state index contributed by atoms with van der Waals surface area (Å²) in [6.45, 7) is 3.36. The van der Waals surface area contributed by atoms with E-state index >= 15 is 0 Å². The number of hydrogen-bond acceptors (Lipinski definition) is 2. The van der Waals surface area contributed by atoms with E-state index in [4.69, 9.17) is 10.5 Å². The molecule has 1 aromatic carbocycles. The van der Waals surface area contributed by atoms with Crippen molar-refractivity contribution < 1.29 is 4.74 Å². The van der Waals surface area contributed by atoms with Gasteiger partial charge in [-0.3, -0.25) is 0 Å². The fraction of sp³-hybridized carbons (Fsp3) is 0.400. The Kier molecular flexibility index (Phi) is 4.52. The second-order valence-electron chi connectivity index (χ2n) is 2.72. The zero-order valence-corrected chi connectivity index (χ0v) is 9.87. The number of rotatable bonds is 4. The van der Waals surface area contributed by atoms with Gasteiger partial charge >= 0.3 is 0 Å². The summed E-state index contributed by atoms with van der Waals surface area (Å²) in [7, 11) is 0. The summed E-state index contributed by atoms with van der Waals surface area (Å²) in [5, 5.41) is 0. The average molecular weight is 291 g/mol. The summed E-state index contributed by atoms with van der Waals surface area (Å²) in [6.07, 6.45) is 0.881. The summed E-state index contributed by atoms with van der Waals surface area (Å²) >= 11 is 2.29. The molecule has 0 fully saturated rings. The molecule has 0 unspecified atom stereocenters. The summed E-state index contributed by atoms with van der Waals surface area (Å²) in [5.74, 6) is 0.966. The third kappa shape index (κ3) is 3.15. The Bertz CT molecular complexity index is 276. The highest BCUT2D eigenvalue weighted by Crippen LogP contribution is 2.21. The Morgan fingerprint density at radius 1 is 1.46 bits per heavy atom. The minimum atomic E-state index is 0.667. The minimum absolute atomic E-state index is 0.667. The first kappa shape index (κ1) is 10.8. The molecule has 0 aromatic heterocycles. The van der Waals surface area contributed by atoms with Crippen LogP contribution in [-0.2, 0) is 6.42 Å². The van der Waals surface area contributed by atoms with E-state index in [1.807, 2.05) is 19.1 Å². The molecular weight excluding hydrogens is 277 g/mol. The molecule has 72 valence electrons. The van der Waals surface area contributed by atoms with Gasteiger partial charge in [-0.05, 0) is 66.2 Å². The van der Waals surface area contributed by atoms with Crippen LogP contribution in [0, 0.1) is 3.57 Å². The van der Waals surface area contributed by atoms with Crippen LogP contribution in [0.4, 0.5) is 0 Å². The molecule has 0 radical (unpaired) electrons. The Morgan fingerprint density at radius 3 is 2.85 bits per heavy atom. The molecule has 0 aliphatic heterocycles. The normalized spacial score (nSPS) is 10.1. The first-order chi connectivity index (χ1) is 6.27. The lowest BCUT2D eigenvalue weighted by molar-refractivity contribution is 0.336. The predicted molar refractivity (Wildman–Crippen MR) is 63.1 cm³/mol. The van der Waals surface area contributed by atoms with E-state index in [-0.39, 0.29) is 0 Å². The van der Waals surface area contributed by atoms with E-state index in [1.165, 1.54) is 9.13 Å². The van der Waals surface area contributed by atoms with Crippen molar-refractivity contribution in [1.29, 1.82) is 0 Å². The smallest absolute Gasteiger partial charge is 0.122 e. The van der Waals surface area contributed by atoms with E-state index < -0.39 is 0 Å². The van der Waals surface area contributed by atoms with Crippen LogP contribution in [0.25, 0.3) is 0 Å². The van der Waals surface area contributed by atoms with Crippen LogP contribution in [-0.4, -0.2) is 13.2 Å². The first-order valence-electron chi connectivity index (χ1n) is 4.39. The zero-order valence-electron chi connectivity index (χ0n) is 7.72. The van der Waals surface area contributed by atoms with E-state index in [0.29, 0.717) is 13.2 Å². The van der Waals surface area contributed by atoms with E-state index in [9.17, 15) is 0 Å². The molecule has 2 nitrogen and oxygen atoms in total. The molecule has 1 aromatic rings. The molecule has 0 saturated heterocycles. The molecule has 0 heterocycles. The van der Waals surface area contributed by atoms with Crippen LogP contribution in [0.3, 0.4) is 0 Å². The third-order valence-corrected chi connectivity index (χ3v) is 2.41. The maximum atomic E-state index is 5.52. The molecular formula is C10H14INO. The van der Waals surface area contributed by atoms with Gasteiger partial charge in [-0.2, -0.15) is 0 Å². The maximum absolute atomic E-state index is 5.52. The maximum Gasteiger partial charge on any atom is 0.122 e. The molecule has 0 saturated carbocycles. The molecule has 0 amide bonds. The van der Waals surface area contributed by atoms with Crippen LogP contribution < -0.4 is 10.5 Å². The van der Waals surface area contributed by atoms with Crippen LogP contribution in [0.1, 0.15) is 12.5 Å². The molecule has 0 atom stereocenters. The Balaban J connectivity index is 2.89. The van der Waals surface area contributed by atoms with Gasteiger partial charge in [-0.25, -0.2) is 0 Å². The highest BCUT2D eigenvalue weighted by Gasteiger charge is 2.02. The standard InChI is InChI=1S/C10H14INO/c1-2-13-10-4-3-9(11)7-8(10)5-6-12/h3-4,7H,2,5-6,12H2,1H3. The number of hydrogen-bond donors (Lipinski definition) is 1. The first-order valence-corrected chi connectivity index (χ1v) is 5.47. The zero-order chi connectivity index (χ0) is 9.68. The monoisotopic (exact) mass is 291 g/mol. The summed E-state index contributed by atoms with van der Waals surface area (Å²) < 4.78 is 6.71. The number of ether oxygens (including phenoxy) is 1. The van der Waals surface area contributed by atoms with Gasteiger partial charge in [-0.15, -0.1) is 0 Å². The van der Waals surface area contributed by atoms with Gasteiger partial charge < -0.3 is 10.5 Å². The van der Waals surface area contributed by atoms with Gasteiger partial charge in [-0.1, -0.05) is 0 Å². The van der Waals surface area contributed by atoms with Crippen LogP contribution in [0.2, 0.25) is 0 Å². The van der Waals surface area contributed by atoms with Crippen LogP contribution in [0.15, 0.2) is 18.2 Å². The SMILES string of the molecule is CCOc1ccc(I)cc1CCN. The van der Waals surface area contributed by atoms with Crippen LogP contribution >= 0.6 is 22.6 Å². The van der Waals surface area contributed by atoms with Crippen molar-refractivity contribution in [3.8, 4) is 5.75 Å². The summed E-state index contributed by atoms with van der Waals surface area (Å²) in [5.41, 5.74) is 6.72. The average Bonchev–Trinajstić information content (AvgIpc) is 2.10. The van der Waals surface area contributed by atoms with Gasteiger partial charge in [0.25, 0.3) is 0 Å². The minimum Gasteiger partial charge on any atom is -0.494 e. The molecule has 0 bridgehead atoms. The highest BCUT2D eigenvalue weighted by atomic mass is 127. The van der Waals surface area contributed by atoms with Crippen molar-refractivity contribution in [2.24, 2.45) is 5.73 Å². The predicted octanol–water partition coefficient (Wildman–Crippen LogP) is 2.19. The van der Waals surface area contributed by atoms with Crippen molar-refractivity contribution in [3.05, 3.63) is 27.3 Å². The lowest BCUT2D eigenvalue weighted by Gasteiger charge is -2.09. The van der Waals surface area contributed by atoms with Crippen molar-refractivity contribution in [2.75, 3.05) is 13.2 Å². The van der Waals surface area contributed by atoms with Crippen molar-refractivity contribution in [1.82, 2.24) is 0 Å². The second-order valence-corrected chi connectivity index (χ2v) is 3.97. The van der Waals surface area contributed by atoms with Crippen molar-refractivity contribution >= 4 is 22.6 Å². The highest BCUT2D eigenvalue weighted by molar-refractivity contribution is 14.1. The van der Waals surface area contributed by atoms with Crippen LogP contribution in [0.5, 0.6) is 5.75 Å². The Morgan fingerprint density at radius 2 is 2.23 bits per heavy atom. The lowest BCUT2D eigenvalue weighted by atomic mass is 10.1. The van der Waals surface area contributed by atoms with Gasteiger partial charge in [0.2, 0.25) is 0 Å². The Hall–Kier alpha value is -0.290. The van der Waals surface area contributed by atoms with Gasteiger partial charge in [0, 0.05) is 3.57 Å². The number of nitrogens with two attached hydrogens (primary N) is 1. The fourth-order valence-corrected chi connectivity index (χ4v) is 1.75. The molecule has 1 rings (SSSR count). The number of benzene rings is 1. The molecule has 2 N–H and O–H groups in total. The molecule has 0 aliphatic carbocycles. The third-order valence-electron chi connectivity index (χ3n) is 1.74. The van der Waals surface area contributed by atoms with Crippen molar-refractivity contribution in [3.63, 3.8) is 0 Å². The fourth-order valence-electron chi connectivity index (χ4n) is 1.20. The van der Waals surface area contributed by atoms with Crippen molar-refractivity contribution in [2.45, 2.75) is 13.3 Å². The largest absolute Gasteiger partial charge is 0.494 e.